The molecule has 0 N–H and O–H groups in total. The van der Waals surface area contributed by atoms with Crippen molar-refractivity contribution in [1.82, 2.24) is 4.90 Å². The molecule has 1 aromatic carbocycles. The molecule has 1 aromatic rings. The Morgan fingerprint density at radius 3 is 2.62 bits per heavy atom. The van der Waals surface area contributed by atoms with Crippen LogP contribution in [0.4, 0.5) is 0 Å². The number of esters is 1. The van der Waals surface area contributed by atoms with Crippen LogP contribution >= 0.6 is 0 Å². The number of epoxide rings is 1. The topological polar surface area (TPSA) is 60.5 Å². The van der Waals surface area contributed by atoms with Gasteiger partial charge in [0, 0.05) is 25.6 Å². The minimum absolute atomic E-state index is 0.0196. The first-order valence-electron chi connectivity index (χ1n) is 12.3. The molecule has 3 aliphatic heterocycles. The Balaban J connectivity index is 1.19. The number of methoxy groups -OCH3 is 2. The first-order chi connectivity index (χ1) is 15.4. The molecule has 6 nitrogen and oxygen atoms in total. The molecule has 32 heavy (non-hydrogen) atoms. The van der Waals surface area contributed by atoms with E-state index < -0.39 is 0 Å². The van der Waals surface area contributed by atoms with Crippen LogP contribution in [0.3, 0.4) is 0 Å². The SMILES string of the molecule is COc1cc2c(cc1OC)CN(C[C@@H]1C(=O)O[C@@H]3C[C@@]4(C)CCC[C@@]5(CO5)[C@H]4C[C@H]13)CC2. The second kappa shape index (κ2) is 7.36. The molecule has 4 fully saturated rings. The van der Waals surface area contributed by atoms with E-state index in [2.05, 4.69) is 24.0 Å². The standard InChI is InChI=1S/C26H35NO5/c1-25-6-4-7-26(15-31-26)23(25)11-18-19(24(28)32-22(18)12-25)14-27-8-5-16-9-20(29-2)21(30-3)10-17(16)13-27/h9-10,18-19,22-23H,4-8,11-15H2,1-3H3/t18-,19+,22-,23+,25-,26-/m1/s1. The number of hydrogen-bond donors (Lipinski definition) is 0. The normalized spacial score (nSPS) is 40.3. The van der Waals surface area contributed by atoms with E-state index in [-0.39, 0.29) is 29.0 Å². The van der Waals surface area contributed by atoms with Crippen LogP contribution in [-0.2, 0) is 27.2 Å². The van der Waals surface area contributed by atoms with Gasteiger partial charge in [0.25, 0.3) is 0 Å². The van der Waals surface area contributed by atoms with Crippen LogP contribution in [0.2, 0.25) is 0 Å². The second-order valence-electron chi connectivity index (χ2n) is 11.1. The lowest BCUT2D eigenvalue weighted by molar-refractivity contribution is -0.147. The van der Waals surface area contributed by atoms with Crippen molar-refractivity contribution in [2.45, 2.75) is 63.7 Å². The van der Waals surface area contributed by atoms with Gasteiger partial charge >= 0.3 is 5.97 Å². The van der Waals surface area contributed by atoms with E-state index in [1.165, 1.54) is 30.4 Å². The number of carbonyl (C=O) groups is 1. The van der Waals surface area contributed by atoms with Gasteiger partial charge in [0.05, 0.1) is 32.3 Å². The van der Waals surface area contributed by atoms with Crippen molar-refractivity contribution in [3.05, 3.63) is 23.3 Å². The molecule has 0 amide bonds. The summed E-state index contributed by atoms with van der Waals surface area (Å²) in [7, 11) is 3.36. The zero-order chi connectivity index (χ0) is 22.1. The van der Waals surface area contributed by atoms with E-state index in [0.717, 1.165) is 57.0 Å². The molecule has 6 heteroatoms. The van der Waals surface area contributed by atoms with Gasteiger partial charge in [0.15, 0.2) is 11.5 Å². The van der Waals surface area contributed by atoms with Crippen LogP contribution < -0.4 is 9.47 Å². The number of hydrogen-bond acceptors (Lipinski definition) is 6. The van der Waals surface area contributed by atoms with Gasteiger partial charge in [-0.2, -0.15) is 0 Å². The van der Waals surface area contributed by atoms with E-state index in [4.69, 9.17) is 18.9 Å². The molecule has 6 atom stereocenters. The van der Waals surface area contributed by atoms with Crippen LogP contribution in [0.15, 0.2) is 12.1 Å². The van der Waals surface area contributed by atoms with Crippen molar-refractivity contribution in [1.29, 1.82) is 0 Å². The summed E-state index contributed by atoms with van der Waals surface area (Å²) in [4.78, 5) is 15.4. The van der Waals surface area contributed by atoms with Gasteiger partial charge in [-0.15, -0.1) is 0 Å². The van der Waals surface area contributed by atoms with Crippen molar-refractivity contribution in [2.24, 2.45) is 23.2 Å². The highest BCUT2D eigenvalue weighted by Gasteiger charge is 2.65. The average molecular weight is 442 g/mol. The third kappa shape index (κ3) is 3.17. The average Bonchev–Trinajstić information content (AvgIpc) is 3.49. The highest BCUT2D eigenvalue weighted by molar-refractivity contribution is 5.75. The molecule has 1 spiro atoms. The molecule has 0 radical (unpaired) electrons. The maximum Gasteiger partial charge on any atom is 0.310 e. The molecule has 3 heterocycles. The van der Waals surface area contributed by atoms with Gasteiger partial charge in [0.1, 0.15) is 6.10 Å². The zero-order valence-electron chi connectivity index (χ0n) is 19.5. The molecule has 2 aliphatic carbocycles. The summed E-state index contributed by atoms with van der Waals surface area (Å²) < 4.78 is 23.1. The number of ether oxygens (including phenoxy) is 4. The third-order valence-electron chi connectivity index (χ3n) is 9.33. The monoisotopic (exact) mass is 441 g/mol. The summed E-state index contributed by atoms with van der Waals surface area (Å²) in [6, 6.07) is 4.20. The fraction of sp³-hybridized carbons (Fsp3) is 0.731. The van der Waals surface area contributed by atoms with E-state index in [1.807, 2.05) is 0 Å². The Hall–Kier alpha value is -1.79. The molecule has 6 rings (SSSR count). The fourth-order valence-electron chi connectivity index (χ4n) is 7.54. The molecule has 2 saturated heterocycles. The fourth-order valence-corrected chi connectivity index (χ4v) is 7.54. The first-order valence-corrected chi connectivity index (χ1v) is 12.3. The minimum Gasteiger partial charge on any atom is -0.493 e. The molecule has 5 aliphatic rings. The van der Waals surface area contributed by atoms with Crippen molar-refractivity contribution < 1.29 is 23.7 Å². The summed E-state index contributed by atoms with van der Waals surface area (Å²) in [5.74, 6) is 2.45. The third-order valence-corrected chi connectivity index (χ3v) is 9.33. The molecule has 0 bridgehead atoms. The summed E-state index contributed by atoms with van der Waals surface area (Å²) in [5.41, 5.74) is 2.94. The van der Waals surface area contributed by atoms with Crippen LogP contribution in [0, 0.1) is 23.2 Å². The first kappa shape index (κ1) is 20.8. The highest BCUT2D eigenvalue weighted by Crippen LogP contribution is 2.62. The maximum atomic E-state index is 13.0. The number of benzene rings is 1. The van der Waals surface area contributed by atoms with Crippen LogP contribution in [0.5, 0.6) is 11.5 Å². The lowest BCUT2D eigenvalue weighted by Crippen LogP contribution is -2.51. The number of rotatable bonds is 4. The molecular weight excluding hydrogens is 406 g/mol. The Labute approximate surface area is 190 Å². The van der Waals surface area contributed by atoms with E-state index in [1.54, 1.807) is 14.2 Å². The number of carbonyl (C=O) groups excluding carboxylic acids is 1. The van der Waals surface area contributed by atoms with Gasteiger partial charge in [0.2, 0.25) is 0 Å². The Kier molecular flexibility index (Phi) is 4.78. The number of nitrogens with zero attached hydrogens (tertiary/aromatic N) is 1. The van der Waals surface area contributed by atoms with Crippen molar-refractivity contribution in [2.75, 3.05) is 33.9 Å². The Bertz CT molecular complexity index is 927. The van der Waals surface area contributed by atoms with Gasteiger partial charge in [-0.3, -0.25) is 9.69 Å². The second-order valence-corrected chi connectivity index (χ2v) is 11.1. The van der Waals surface area contributed by atoms with Gasteiger partial charge in [-0.1, -0.05) is 6.92 Å². The number of fused-ring (bicyclic) bond motifs is 4. The smallest absolute Gasteiger partial charge is 0.310 e. The molecule has 0 aromatic heterocycles. The lowest BCUT2D eigenvalue weighted by Gasteiger charge is -2.51. The molecule has 0 unspecified atom stereocenters. The Morgan fingerprint density at radius 2 is 1.91 bits per heavy atom. The molecular formula is C26H35NO5. The van der Waals surface area contributed by atoms with E-state index in [9.17, 15) is 4.79 Å². The van der Waals surface area contributed by atoms with Gasteiger partial charge in [-0.05, 0) is 73.1 Å². The van der Waals surface area contributed by atoms with E-state index in [0.29, 0.717) is 11.8 Å². The summed E-state index contributed by atoms with van der Waals surface area (Å²) in [6.45, 7) is 5.91. The van der Waals surface area contributed by atoms with E-state index >= 15 is 0 Å². The Morgan fingerprint density at radius 1 is 1.16 bits per heavy atom. The predicted octanol–water partition coefficient (Wildman–Crippen LogP) is 3.59. The summed E-state index contributed by atoms with van der Waals surface area (Å²) in [5, 5.41) is 0. The van der Waals surface area contributed by atoms with Gasteiger partial charge in [-0.25, -0.2) is 0 Å². The van der Waals surface area contributed by atoms with Crippen molar-refractivity contribution >= 4 is 5.97 Å². The molecule has 174 valence electrons. The van der Waals surface area contributed by atoms with Crippen molar-refractivity contribution in [3.8, 4) is 11.5 Å². The van der Waals surface area contributed by atoms with Crippen LogP contribution in [0.1, 0.15) is 50.2 Å². The summed E-state index contributed by atoms with van der Waals surface area (Å²) >= 11 is 0. The minimum atomic E-state index is -0.0241. The van der Waals surface area contributed by atoms with Gasteiger partial charge < -0.3 is 18.9 Å². The zero-order valence-corrected chi connectivity index (χ0v) is 19.5. The highest BCUT2D eigenvalue weighted by atomic mass is 16.6. The maximum absolute atomic E-state index is 13.0. The molecule has 2 saturated carbocycles. The largest absolute Gasteiger partial charge is 0.493 e. The van der Waals surface area contributed by atoms with Crippen LogP contribution in [0.25, 0.3) is 0 Å². The van der Waals surface area contributed by atoms with Crippen LogP contribution in [-0.4, -0.2) is 56.5 Å². The lowest BCUT2D eigenvalue weighted by atomic mass is 9.53. The summed E-state index contributed by atoms with van der Waals surface area (Å²) in [6.07, 6.45) is 6.81. The predicted molar refractivity (Wildman–Crippen MR) is 119 cm³/mol. The van der Waals surface area contributed by atoms with Crippen molar-refractivity contribution in [3.63, 3.8) is 0 Å². The quantitative estimate of drug-likeness (QED) is 0.526.